The van der Waals surface area contributed by atoms with Gasteiger partial charge in [-0.1, -0.05) is 29.8 Å². The number of amides is 1. The molecule has 4 nitrogen and oxygen atoms in total. The number of alkyl halides is 3. The monoisotopic (exact) mass is 375 g/mol. The fraction of sp³-hybridized carbons (Fsp3) is 0.353. The Morgan fingerprint density at radius 2 is 1.96 bits per heavy atom. The summed E-state index contributed by atoms with van der Waals surface area (Å²) in [5, 5.41) is 2.67. The van der Waals surface area contributed by atoms with E-state index in [0.29, 0.717) is 5.75 Å². The molecular formula is C17H17ClF3NO3. The second kappa shape index (κ2) is 7.00. The molecular weight excluding hydrogens is 359 g/mol. The van der Waals surface area contributed by atoms with E-state index in [4.69, 9.17) is 21.1 Å². The molecule has 8 heteroatoms. The molecule has 0 aromatic heterocycles. The van der Waals surface area contributed by atoms with Crippen molar-refractivity contribution in [2.75, 3.05) is 19.5 Å². The van der Waals surface area contributed by atoms with E-state index in [-0.39, 0.29) is 22.0 Å². The highest BCUT2D eigenvalue weighted by Crippen LogP contribution is 2.46. The molecule has 136 valence electrons. The van der Waals surface area contributed by atoms with Gasteiger partial charge < -0.3 is 14.8 Å². The van der Waals surface area contributed by atoms with Crippen LogP contribution in [-0.4, -0.2) is 26.3 Å². The van der Waals surface area contributed by atoms with Crippen LogP contribution in [0.25, 0.3) is 0 Å². The first-order valence-corrected chi connectivity index (χ1v) is 7.67. The van der Waals surface area contributed by atoms with Crippen LogP contribution in [0.2, 0.25) is 5.02 Å². The van der Waals surface area contributed by atoms with Crippen molar-refractivity contribution in [2.45, 2.75) is 19.5 Å². The Hall–Kier alpha value is -2.15. The predicted molar refractivity (Wildman–Crippen MR) is 89.2 cm³/mol. The van der Waals surface area contributed by atoms with Crippen molar-refractivity contribution in [3.05, 3.63) is 41.0 Å². The van der Waals surface area contributed by atoms with E-state index in [1.165, 1.54) is 38.5 Å². The van der Waals surface area contributed by atoms with Crippen LogP contribution in [0.4, 0.5) is 18.9 Å². The maximum absolute atomic E-state index is 13.2. The van der Waals surface area contributed by atoms with Crippen molar-refractivity contribution in [1.29, 1.82) is 0 Å². The first-order valence-electron chi connectivity index (χ1n) is 7.29. The zero-order valence-electron chi connectivity index (χ0n) is 13.8. The van der Waals surface area contributed by atoms with Crippen molar-refractivity contribution in [3.8, 4) is 11.5 Å². The number of carbonyl (C=O) groups excluding carboxylic acids is 1. The largest absolute Gasteiger partial charge is 0.497 e. The lowest BCUT2D eigenvalue weighted by molar-refractivity contribution is -0.199. The first kappa shape index (κ1) is 19.2. The Bertz CT molecular complexity index is 743. The lowest BCUT2D eigenvalue weighted by Gasteiger charge is -2.31. The van der Waals surface area contributed by atoms with Crippen LogP contribution in [0.1, 0.15) is 13.3 Å². The van der Waals surface area contributed by atoms with Crippen LogP contribution in [0.15, 0.2) is 35.9 Å². The minimum Gasteiger partial charge on any atom is -0.497 e. The summed E-state index contributed by atoms with van der Waals surface area (Å²) >= 11 is 6.12. The number of hydrogen-bond donors (Lipinski definition) is 1. The van der Waals surface area contributed by atoms with Crippen LogP contribution in [0.5, 0.6) is 11.5 Å². The molecule has 0 radical (unpaired) electrons. The third-order valence-corrected chi connectivity index (χ3v) is 4.28. The van der Waals surface area contributed by atoms with Crippen molar-refractivity contribution in [3.63, 3.8) is 0 Å². The maximum atomic E-state index is 13.2. The summed E-state index contributed by atoms with van der Waals surface area (Å²) < 4.78 is 49.8. The zero-order chi connectivity index (χ0) is 18.8. The topological polar surface area (TPSA) is 47.6 Å². The van der Waals surface area contributed by atoms with E-state index in [9.17, 15) is 18.0 Å². The number of anilines is 1. The van der Waals surface area contributed by atoms with Gasteiger partial charge in [-0.3, -0.25) is 4.79 Å². The molecule has 1 N–H and O–H groups in total. The summed E-state index contributed by atoms with van der Waals surface area (Å²) in [6.45, 7) is 1.05. The number of ether oxygens (including phenoxy) is 2. The summed E-state index contributed by atoms with van der Waals surface area (Å²) in [6, 6.07) is 2.98. The molecule has 1 amide bonds. The third-order valence-electron chi connectivity index (χ3n) is 3.98. The van der Waals surface area contributed by atoms with Gasteiger partial charge in [-0.15, -0.1) is 0 Å². The van der Waals surface area contributed by atoms with Gasteiger partial charge in [0.1, 0.15) is 17.2 Å². The van der Waals surface area contributed by atoms with Crippen molar-refractivity contribution >= 4 is 23.2 Å². The molecule has 2 rings (SSSR count). The Morgan fingerprint density at radius 1 is 1.28 bits per heavy atom. The van der Waals surface area contributed by atoms with Crippen molar-refractivity contribution < 1.29 is 27.4 Å². The normalized spacial score (nSPS) is 20.0. The fourth-order valence-electron chi connectivity index (χ4n) is 2.39. The average molecular weight is 376 g/mol. The maximum Gasteiger partial charge on any atom is 0.397 e. The molecule has 1 aliphatic carbocycles. The molecule has 0 saturated heterocycles. The summed E-state index contributed by atoms with van der Waals surface area (Å²) in [5.74, 6) is -0.0160. The molecule has 0 heterocycles. The lowest BCUT2D eigenvalue weighted by atomic mass is 9.79. The molecule has 1 atom stereocenters. The van der Waals surface area contributed by atoms with Crippen LogP contribution < -0.4 is 14.8 Å². The Kier molecular flexibility index (Phi) is 5.37. The Balaban J connectivity index is 2.27. The van der Waals surface area contributed by atoms with E-state index in [0.717, 1.165) is 13.0 Å². The van der Waals surface area contributed by atoms with E-state index in [2.05, 4.69) is 5.32 Å². The molecule has 1 unspecified atom stereocenters. The van der Waals surface area contributed by atoms with Gasteiger partial charge in [0, 0.05) is 17.7 Å². The Morgan fingerprint density at radius 3 is 2.52 bits per heavy atom. The number of halogens is 4. The SMILES string of the molecule is COc1cc(Cl)c(NC(=O)C2=CC=CC(C)(C(F)(F)F)C2)c(OC)c1. The summed E-state index contributed by atoms with van der Waals surface area (Å²) in [5.41, 5.74) is -1.93. The molecule has 0 fully saturated rings. The van der Waals surface area contributed by atoms with Gasteiger partial charge in [0.05, 0.1) is 24.7 Å². The second-order valence-corrected chi connectivity index (χ2v) is 6.19. The number of methoxy groups -OCH3 is 2. The minimum atomic E-state index is -4.46. The highest BCUT2D eigenvalue weighted by molar-refractivity contribution is 6.34. The van der Waals surface area contributed by atoms with Gasteiger partial charge in [-0.25, -0.2) is 0 Å². The van der Waals surface area contributed by atoms with Crippen LogP contribution >= 0.6 is 11.6 Å². The van der Waals surface area contributed by atoms with Gasteiger partial charge in [0.15, 0.2) is 0 Å². The van der Waals surface area contributed by atoms with Crippen LogP contribution in [0, 0.1) is 5.41 Å². The standard InChI is InChI=1S/C17H17ClF3NO3/c1-16(17(19,20)21)6-4-5-10(9-16)15(23)22-14-12(18)7-11(24-2)8-13(14)25-3/h4-8H,9H2,1-3H3,(H,22,23). The number of rotatable bonds is 4. The number of allylic oxidation sites excluding steroid dienone is 3. The highest BCUT2D eigenvalue weighted by Gasteiger charge is 2.50. The van der Waals surface area contributed by atoms with Gasteiger partial charge in [-0.2, -0.15) is 13.2 Å². The summed E-state index contributed by atoms with van der Waals surface area (Å²) in [6.07, 6.45) is -1.29. The second-order valence-electron chi connectivity index (χ2n) is 5.78. The first-order chi connectivity index (χ1) is 11.6. The molecule has 0 saturated carbocycles. The van der Waals surface area contributed by atoms with Gasteiger partial charge in [0.2, 0.25) is 0 Å². The Labute approximate surface area is 148 Å². The quantitative estimate of drug-likeness (QED) is 0.826. The molecule has 1 aromatic rings. The number of benzene rings is 1. The van der Waals surface area contributed by atoms with E-state index in [1.54, 1.807) is 0 Å². The average Bonchev–Trinajstić information content (AvgIpc) is 2.55. The van der Waals surface area contributed by atoms with Crippen LogP contribution in [0.3, 0.4) is 0 Å². The molecule has 0 bridgehead atoms. The molecule has 0 spiro atoms. The van der Waals surface area contributed by atoms with Gasteiger partial charge in [-0.05, 0) is 13.3 Å². The number of nitrogens with one attached hydrogen (secondary N) is 1. The fourth-order valence-corrected chi connectivity index (χ4v) is 2.64. The molecule has 0 aliphatic heterocycles. The summed E-state index contributed by atoms with van der Waals surface area (Å²) in [7, 11) is 2.82. The van der Waals surface area contributed by atoms with Crippen molar-refractivity contribution in [1.82, 2.24) is 0 Å². The third kappa shape index (κ3) is 3.92. The van der Waals surface area contributed by atoms with Gasteiger partial charge in [0.25, 0.3) is 5.91 Å². The van der Waals surface area contributed by atoms with Crippen LogP contribution in [-0.2, 0) is 4.79 Å². The predicted octanol–water partition coefficient (Wildman–Crippen LogP) is 4.75. The smallest absolute Gasteiger partial charge is 0.397 e. The zero-order valence-corrected chi connectivity index (χ0v) is 14.6. The van der Waals surface area contributed by atoms with E-state index in [1.807, 2.05) is 0 Å². The number of hydrogen-bond acceptors (Lipinski definition) is 3. The molecule has 1 aliphatic rings. The molecule has 25 heavy (non-hydrogen) atoms. The van der Waals surface area contributed by atoms with E-state index >= 15 is 0 Å². The van der Waals surface area contributed by atoms with E-state index < -0.39 is 23.9 Å². The van der Waals surface area contributed by atoms with Crippen molar-refractivity contribution in [2.24, 2.45) is 5.41 Å². The summed E-state index contributed by atoms with van der Waals surface area (Å²) in [4.78, 5) is 12.4. The van der Waals surface area contributed by atoms with Gasteiger partial charge >= 0.3 is 6.18 Å². The lowest BCUT2D eigenvalue weighted by Crippen LogP contribution is -2.36. The minimum absolute atomic E-state index is 0.00346. The molecule has 1 aromatic carbocycles. The highest BCUT2D eigenvalue weighted by atomic mass is 35.5. The number of carbonyl (C=O) groups is 1.